The number of benzene rings is 2. The van der Waals surface area contributed by atoms with Crippen LogP contribution in [0.1, 0.15) is 21.5 Å². The number of rotatable bonds is 5. The van der Waals surface area contributed by atoms with Gasteiger partial charge in [-0.2, -0.15) is 13.2 Å². The van der Waals surface area contributed by atoms with Gasteiger partial charge in [-0.25, -0.2) is 9.37 Å². The predicted octanol–water partition coefficient (Wildman–Crippen LogP) is 4.69. The van der Waals surface area contributed by atoms with Crippen LogP contribution in [0.3, 0.4) is 0 Å². The molecule has 2 heterocycles. The van der Waals surface area contributed by atoms with Crippen LogP contribution in [0, 0.1) is 12.7 Å². The lowest BCUT2D eigenvalue weighted by Gasteiger charge is -2.38. The molecule has 4 rings (SSSR count). The molecule has 4 N–H and O–H groups in total. The van der Waals surface area contributed by atoms with Crippen molar-refractivity contribution in [2.24, 2.45) is 5.73 Å². The fourth-order valence-electron chi connectivity index (χ4n) is 3.46. The first-order chi connectivity index (χ1) is 15.6. The molecule has 1 aliphatic rings. The number of hydrogen-bond donors (Lipinski definition) is 3. The van der Waals surface area contributed by atoms with Gasteiger partial charge >= 0.3 is 6.18 Å². The maximum atomic E-state index is 13.8. The molecule has 0 atom stereocenters. The Labute approximate surface area is 187 Å². The van der Waals surface area contributed by atoms with E-state index >= 15 is 0 Å². The maximum absolute atomic E-state index is 13.8. The number of nitrogens with one attached hydrogen (secondary N) is 2. The van der Waals surface area contributed by atoms with E-state index in [1.807, 2.05) is 36.1 Å². The normalized spacial score (nSPS) is 14.1. The third-order valence-corrected chi connectivity index (χ3v) is 5.28. The quantitative estimate of drug-likeness (QED) is 0.482. The molecule has 0 unspecified atom stereocenters. The summed E-state index contributed by atoms with van der Waals surface area (Å²) in [5.41, 5.74) is 6.73. The molecule has 2 aromatic carbocycles. The lowest BCUT2D eigenvalue weighted by Crippen LogP contribution is -2.55. The molecule has 10 heteroatoms. The van der Waals surface area contributed by atoms with Gasteiger partial charge in [-0.05, 0) is 42.8 Å². The average Bonchev–Trinajstić information content (AvgIpc) is 2.73. The Bertz CT molecular complexity index is 1190. The second-order valence-corrected chi connectivity index (χ2v) is 7.88. The van der Waals surface area contributed by atoms with E-state index in [1.54, 1.807) is 12.3 Å². The van der Waals surface area contributed by atoms with Gasteiger partial charge in [-0.15, -0.1) is 0 Å². The minimum Gasteiger partial charge on any atom is -0.367 e. The number of amides is 1. The van der Waals surface area contributed by atoms with E-state index < -0.39 is 29.0 Å². The standard InChI is InChI=1S/C23H21F4N5O/c1-13-4-2-3-5-19(13)30-21-20(9-18(10-29-21)32-11-17(28)12-32)31-22(33)14-6-15(23(25,26)27)8-16(24)7-14/h2-10,17H,11-12,28H2,1H3,(H,29,30)(H,31,33). The monoisotopic (exact) mass is 459 g/mol. The molecule has 0 spiro atoms. The molecule has 3 aromatic rings. The number of halogens is 4. The molecule has 6 nitrogen and oxygen atoms in total. The Morgan fingerprint density at radius 3 is 2.52 bits per heavy atom. The van der Waals surface area contributed by atoms with Gasteiger partial charge in [-0.3, -0.25) is 4.79 Å². The Hall–Kier alpha value is -3.66. The molecule has 1 fully saturated rings. The number of aryl methyl sites for hydroxylation is 1. The second-order valence-electron chi connectivity index (χ2n) is 7.88. The number of carbonyl (C=O) groups is 1. The van der Waals surface area contributed by atoms with E-state index in [0.29, 0.717) is 36.7 Å². The van der Waals surface area contributed by atoms with Gasteiger partial charge in [0, 0.05) is 30.4 Å². The molecule has 0 bridgehead atoms. The van der Waals surface area contributed by atoms with Gasteiger partial charge in [-0.1, -0.05) is 18.2 Å². The van der Waals surface area contributed by atoms with Crippen molar-refractivity contribution >= 4 is 28.8 Å². The Balaban J connectivity index is 1.67. The number of anilines is 4. The average molecular weight is 459 g/mol. The first-order valence-corrected chi connectivity index (χ1v) is 10.1. The zero-order chi connectivity index (χ0) is 23.8. The van der Waals surface area contributed by atoms with Crippen molar-refractivity contribution in [3.05, 3.63) is 77.2 Å². The first kappa shape index (κ1) is 22.5. The number of nitrogens with two attached hydrogens (primary N) is 1. The first-order valence-electron chi connectivity index (χ1n) is 10.1. The molecule has 0 radical (unpaired) electrons. The largest absolute Gasteiger partial charge is 0.416 e. The Morgan fingerprint density at radius 2 is 1.85 bits per heavy atom. The summed E-state index contributed by atoms with van der Waals surface area (Å²) in [6.45, 7) is 3.11. The van der Waals surface area contributed by atoms with E-state index in [-0.39, 0.29) is 11.7 Å². The molecule has 1 aromatic heterocycles. The van der Waals surface area contributed by atoms with E-state index in [4.69, 9.17) is 5.73 Å². The molecular formula is C23H21F4N5O. The van der Waals surface area contributed by atoms with Crippen molar-refractivity contribution in [3.63, 3.8) is 0 Å². The van der Waals surface area contributed by atoms with Gasteiger partial charge in [0.1, 0.15) is 5.82 Å². The smallest absolute Gasteiger partial charge is 0.367 e. The van der Waals surface area contributed by atoms with Crippen molar-refractivity contribution in [1.82, 2.24) is 4.98 Å². The summed E-state index contributed by atoms with van der Waals surface area (Å²) >= 11 is 0. The van der Waals surface area contributed by atoms with Crippen LogP contribution < -0.4 is 21.3 Å². The van der Waals surface area contributed by atoms with E-state index in [9.17, 15) is 22.4 Å². The summed E-state index contributed by atoms with van der Waals surface area (Å²) in [7, 11) is 0. The van der Waals surface area contributed by atoms with Crippen LogP contribution >= 0.6 is 0 Å². The van der Waals surface area contributed by atoms with Crippen LogP contribution in [0.15, 0.2) is 54.7 Å². The van der Waals surface area contributed by atoms with Gasteiger partial charge in [0.25, 0.3) is 5.91 Å². The number of nitrogens with zero attached hydrogens (tertiary/aromatic N) is 2. The van der Waals surface area contributed by atoms with E-state index in [0.717, 1.165) is 17.3 Å². The number of aromatic nitrogens is 1. The summed E-state index contributed by atoms with van der Waals surface area (Å²) in [6.07, 6.45) is -3.17. The van der Waals surface area contributed by atoms with E-state index in [1.165, 1.54) is 0 Å². The summed E-state index contributed by atoms with van der Waals surface area (Å²) < 4.78 is 53.0. The minimum absolute atomic E-state index is 0.0286. The lowest BCUT2D eigenvalue weighted by atomic mass is 10.1. The zero-order valence-corrected chi connectivity index (χ0v) is 17.6. The Kier molecular flexibility index (Phi) is 5.94. The van der Waals surface area contributed by atoms with Gasteiger partial charge in [0.05, 0.1) is 23.1 Å². The highest BCUT2D eigenvalue weighted by molar-refractivity contribution is 6.06. The predicted molar refractivity (Wildman–Crippen MR) is 118 cm³/mol. The van der Waals surface area contributed by atoms with Crippen LogP contribution in [0.2, 0.25) is 0 Å². The molecule has 0 saturated carbocycles. The molecular weight excluding hydrogens is 438 g/mol. The summed E-state index contributed by atoms with van der Waals surface area (Å²) in [5, 5.41) is 5.70. The fraction of sp³-hybridized carbons (Fsp3) is 0.217. The molecule has 1 aliphatic heterocycles. The maximum Gasteiger partial charge on any atom is 0.416 e. The highest BCUT2D eigenvalue weighted by Gasteiger charge is 2.32. The fourth-order valence-corrected chi connectivity index (χ4v) is 3.46. The van der Waals surface area contributed by atoms with Crippen molar-refractivity contribution in [2.45, 2.75) is 19.1 Å². The van der Waals surface area contributed by atoms with Crippen molar-refractivity contribution in [1.29, 1.82) is 0 Å². The second kappa shape index (κ2) is 8.70. The number of para-hydroxylation sites is 1. The third kappa shape index (κ3) is 5.06. The summed E-state index contributed by atoms with van der Waals surface area (Å²) in [5.74, 6) is -1.76. The van der Waals surface area contributed by atoms with Crippen molar-refractivity contribution in [3.8, 4) is 0 Å². The third-order valence-electron chi connectivity index (χ3n) is 5.28. The van der Waals surface area contributed by atoms with Crippen molar-refractivity contribution < 1.29 is 22.4 Å². The molecule has 1 amide bonds. The molecule has 172 valence electrons. The number of hydrogen-bond acceptors (Lipinski definition) is 5. The number of carbonyl (C=O) groups excluding carboxylic acids is 1. The van der Waals surface area contributed by atoms with Crippen LogP contribution in [0.4, 0.5) is 40.4 Å². The number of alkyl halides is 3. The van der Waals surface area contributed by atoms with Crippen LogP contribution in [-0.2, 0) is 6.18 Å². The Morgan fingerprint density at radius 1 is 1.12 bits per heavy atom. The van der Waals surface area contributed by atoms with Gasteiger partial charge in [0.2, 0.25) is 0 Å². The van der Waals surface area contributed by atoms with E-state index in [2.05, 4.69) is 15.6 Å². The zero-order valence-electron chi connectivity index (χ0n) is 17.6. The van der Waals surface area contributed by atoms with Crippen LogP contribution in [0.5, 0.6) is 0 Å². The van der Waals surface area contributed by atoms with Crippen molar-refractivity contribution in [2.75, 3.05) is 28.6 Å². The topological polar surface area (TPSA) is 83.3 Å². The van der Waals surface area contributed by atoms with Crippen LogP contribution in [0.25, 0.3) is 0 Å². The van der Waals surface area contributed by atoms with Crippen LogP contribution in [-0.4, -0.2) is 30.0 Å². The van der Waals surface area contributed by atoms with Gasteiger partial charge < -0.3 is 21.3 Å². The lowest BCUT2D eigenvalue weighted by molar-refractivity contribution is -0.137. The highest BCUT2D eigenvalue weighted by atomic mass is 19.4. The summed E-state index contributed by atoms with van der Waals surface area (Å²) in [4.78, 5) is 19.2. The molecule has 33 heavy (non-hydrogen) atoms. The number of pyridine rings is 1. The SMILES string of the molecule is Cc1ccccc1Nc1ncc(N2CC(N)C2)cc1NC(=O)c1cc(F)cc(C(F)(F)F)c1. The minimum atomic E-state index is -4.79. The molecule has 1 saturated heterocycles. The summed E-state index contributed by atoms with van der Waals surface area (Å²) in [6, 6.07) is 10.8. The van der Waals surface area contributed by atoms with Gasteiger partial charge in [0.15, 0.2) is 5.82 Å². The highest BCUT2D eigenvalue weighted by Crippen LogP contribution is 2.33. The molecule has 0 aliphatic carbocycles.